The number of halogens is 1. The van der Waals surface area contributed by atoms with Crippen LogP contribution in [0.4, 0.5) is 10.5 Å². The zero-order valence-corrected chi connectivity index (χ0v) is 26.8. The van der Waals surface area contributed by atoms with E-state index in [9.17, 15) is 14.4 Å². The van der Waals surface area contributed by atoms with Gasteiger partial charge in [0.1, 0.15) is 17.7 Å². The summed E-state index contributed by atoms with van der Waals surface area (Å²) in [5, 5.41) is 6.03. The number of nitrogens with zero attached hydrogens (tertiary/aromatic N) is 1. The van der Waals surface area contributed by atoms with Crippen molar-refractivity contribution in [1.29, 1.82) is 0 Å². The molecule has 0 aromatic heterocycles. The Morgan fingerprint density at radius 2 is 1.76 bits per heavy atom. The molecule has 2 rings (SSSR count). The number of thiol groups is 1. The van der Waals surface area contributed by atoms with Crippen molar-refractivity contribution in [2.75, 3.05) is 11.1 Å². The summed E-state index contributed by atoms with van der Waals surface area (Å²) in [7, 11) is 0. The zero-order chi connectivity index (χ0) is 30.9. The Bertz CT molecular complexity index is 1210. The molecule has 2 N–H and O–H groups in total. The molecule has 0 saturated carbocycles. The second kappa shape index (κ2) is 15.3. The third kappa shape index (κ3) is 10.1. The van der Waals surface area contributed by atoms with Gasteiger partial charge in [-0.15, -0.1) is 0 Å². The number of rotatable bonds is 12. The van der Waals surface area contributed by atoms with Crippen LogP contribution in [-0.4, -0.2) is 46.2 Å². The molecule has 0 spiro atoms. The maximum Gasteiger partial charge on any atom is 0.408 e. The fourth-order valence-electron chi connectivity index (χ4n) is 4.40. The second-order valence-electron chi connectivity index (χ2n) is 11.6. The highest BCUT2D eigenvalue weighted by atomic mass is 35.5. The van der Waals surface area contributed by atoms with Gasteiger partial charge in [-0.05, 0) is 82.2 Å². The van der Waals surface area contributed by atoms with Crippen molar-refractivity contribution >= 4 is 53.9 Å². The minimum atomic E-state index is -1.04. The van der Waals surface area contributed by atoms with E-state index in [1.54, 1.807) is 37.8 Å². The fraction of sp³-hybridized carbons (Fsp3) is 0.469. The van der Waals surface area contributed by atoms with E-state index in [4.69, 9.17) is 16.3 Å². The molecule has 0 bridgehead atoms. The van der Waals surface area contributed by atoms with Gasteiger partial charge in [-0.2, -0.15) is 12.6 Å². The lowest BCUT2D eigenvalue weighted by Crippen LogP contribution is -2.55. The number of amides is 3. The normalized spacial score (nSPS) is 13.6. The smallest absolute Gasteiger partial charge is 0.408 e. The Morgan fingerprint density at radius 1 is 1.10 bits per heavy atom. The van der Waals surface area contributed by atoms with E-state index in [0.717, 1.165) is 17.5 Å². The summed E-state index contributed by atoms with van der Waals surface area (Å²) in [6.45, 7) is 17.1. The number of nitrogens with one attached hydrogen (secondary N) is 2. The largest absolute Gasteiger partial charge is 0.444 e. The molecule has 2 aromatic carbocycles. The van der Waals surface area contributed by atoms with Gasteiger partial charge in [0.2, 0.25) is 5.91 Å². The SMILES string of the molecule is C=Cc1cccc(C(C(=O)Nc2c(C)cccc2Cl)N(C(=O)C(CS)NC(=O)OC(C)(C)C)C(C)CCC(C)C)c1. The van der Waals surface area contributed by atoms with Gasteiger partial charge in [0.05, 0.1) is 10.7 Å². The Morgan fingerprint density at radius 3 is 2.32 bits per heavy atom. The first kappa shape index (κ1) is 34.2. The van der Waals surface area contributed by atoms with Crippen LogP contribution in [0.1, 0.15) is 77.1 Å². The van der Waals surface area contributed by atoms with Crippen LogP contribution in [0.5, 0.6) is 0 Å². The monoisotopic (exact) mass is 601 g/mol. The third-order valence-electron chi connectivity index (χ3n) is 6.52. The lowest BCUT2D eigenvalue weighted by Gasteiger charge is -2.38. The van der Waals surface area contributed by atoms with Crippen molar-refractivity contribution in [1.82, 2.24) is 10.2 Å². The molecule has 3 unspecified atom stereocenters. The summed E-state index contributed by atoms with van der Waals surface area (Å²) in [6, 6.07) is 10.3. The molecule has 0 aliphatic heterocycles. The molecular formula is C32H44ClN3O4S. The van der Waals surface area contributed by atoms with Gasteiger partial charge >= 0.3 is 6.09 Å². The topological polar surface area (TPSA) is 87.7 Å². The van der Waals surface area contributed by atoms with Crippen LogP contribution in [0.2, 0.25) is 5.02 Å². The number of carbonyl (C=O) groups excluding carboxylic acids is 3. The van der Waals surface area contributed by atoms with Crippen molar-refractivity contribution < 1.29 is 19.1 Å². The molecule has 9 heteroatoms. The first-order valence-electron chi connectivity index (χ1n) is 13.9. The summed E-state index contributed by atoms with van der Waals surface area (Å²) >= 11 is 10.8. The van der Waals surface area contributed by atoms with Gasteiger partial charge in [-0.3, -0.25) is 9.59 Å². The average Bonchev–Trinajstić information content (AvgIpc) is 2.89. The second-order valence-corrected chi connectivity index (χ2v) is 12.4. The number of anilines is 1. The summed E-state index contributed by atoms with van der Waals surface area (Å²) in [4.78, 5) is 42.7. The molecule has 7 nitrogen and oxygen atoms in total. The first-order chi connectivity index (χ1) is 19.2. The molecule has 3 amide bonds. The van der Waals surface area contributed by atoms with E-state index in [1.165, 1.54) is 0 Å². The Labute approximate surface area is 255 Å². The summed E-state index contributed by atoms with van der Waals surface area (Å²) in [5.41, 5.74) is 1.91. The van der Waals surface area contributed by atoms with Gasteiger partial charge in [0.15, 0.2) is 0 Å². The average molecular weight is 602 g/mol. The lowest BCUT2D eigenvalue weighted by atomic mass is 9.96. The van der Waals surface area contributed by atoms with E-state index in [-0.39, 0.29) is 11.8 Å². The number of hydrogen-bond acceptors (Lipinski definition) is 5. The zero-order valence-electron chi connectivity index (χ0n) is 25.2. The highest BCUT2D eigenvalue weighted by Gasteiger charge is 2.39. The number of ether oxygens (including phenoxy) is 1. The number of para-hydroxylation sites is 1. The molecule has 3 atom stereocenters. The summed E-state index contributed by atoms with van der Waals surface area (Å²) in [5.74, 6) is -0.475. The molecule has 0 fully saturated rings. The number of carbonyl (C=O) groups is 3. The van der Waals surface area contributed by atoms with Crippen LogP contribution in [0.15, 0.2) is 49.0 Å². The Kier molecular flexibility index (Phi) is 12.8. The predicted octanol–water partition coefficient (Wildman–Crippen LogP) is 7.45. The third-order valence-corrected chi connectivity index (χ3v) is 7.20. The number of alkyl carbamates (subject to hydrolysis) is 1. The quantitative estimate of drug-likeness (QED) is 0.221. The maximum atomic E-state index is 14.3. The Balaban J connectivity index is 2.65. The van der Waals surface area contributed by atoms with Crippen LogP contribution in [0.25, 0.3) is 6.08 Å². The highest BCUT2D eigenvalue weighted by molar-refractivity contribution is 7.80. The molecule has 0 radical (unpaired) electrons. The molecule has 0 saturated heterocycles. The Hall–Kier alpha value is -2.97. The van der Waals surface area contributed by atoms with Gasteiger partial charge in [-0.25, -0.2) is 4.79 Å². The van der Waals surface area contributed by atoms with E-state index in [2.05, 4.69) is 43.7 Å². The summed E-state index contributed by atoms with van der Waals surface area (Å²) < 4.78 is 5.41. The van der Waals surface area contributed by atoms with Crippen molar-refractivity contribution in [3.63, 3.8) is 0 Å². The summed E-state index contributed by atoms with van der Waals surface area (Å²) in [6.07, 6.45) is 2.43. The van der Waals surface area contributed by atoms with E-state index < -0.39 is 35.6 Å². The molecule has 0 heterocycles. The van der Waals surface area contributed by atoms with E-state index in [0.29, 0.717) is 28.6 Å². The van der Waals surface area contributed by atoms with Crippen molar-refractivity contribution in [2.24, 2.45) is 5.92 Å². The molecule has 224 valence electrons. The fourth-order valence-corrected chi connectivity index (χ4v) is 4.92. The minimum absolute atomic E-state index is 0.0101. The van der Waals surface area contributed by atoms with E-state index >= 15 is 0 Å². The molecule has 2 aromatic rings. The first-order valence-corrected chi connectivity index (χ1v) is 14.9. The van der Waals surface area contributed by atoms with Crippen LogP contribution in [0.3, 0.4) is 0 Å². The van der Waals surface area contributed by atoms with Crippen molar-refractivity contribution in [2.45, 2.75) is 85.0 Å². The van der Waals surface area contributed by atoms with Crippen molar-refractivity contribution in [3.8, 4) is 0 Å². The molecule has 0 aliphatic rings. The molecular weight excluding hydrogens is 558 g/mol. The standard InChI is InChI=1S/C32H44ClN3O4S/c1-9-23-13-11-14-24(18-23)28(29(37)35-27-21(4)12-10-15-25(27)33)36(22(5)17-16-20(2)3)30(38)26(19-41)34-31(39)40-32(6,7)8/h9-15,18,20,22,26,28,41H,1,16-17,19H2,2-8H3,(H,34,39)(H,35,37). The number of benzene rings is 2. The van der Waals surface area contributed by atoms with Gasteiger partial charge in [0.25, 0.3) is 5.91 Å². The van der Waals surface area contributed by atoms with Crippen LogP contribution in [-0.2, 0) is 14.3 Å². The highest BCUT2D eigenvalue weighted by Crippen LogP contribution is 2.32. The number of aryl methyl sites for hydroxylation is 1. The predicted molar refractivity (Wildman–Crippen MR) is 171 cm³/mol. The number of hydrogen-bond donors (Lipinski definition) is 3. The lowest BCUT2D eigenvalue weighted by molar-refractivity contribution is -0.143. The van der Waals surface area contributed by atoms with Gasteiger partial charge in [0, 0.05) is 11.8 Å². The van der Waals surface area contributed by atoms with Crippen LogP contribution >= 0.6 is 24.2 Å². The van der Waals surface area contributed by atoms with Gasteiger partial charge < -0.3 is 20.3 Å². The molecule has 41 heavy (non-hydrogen) atoms. The maximum absolute atomic E-state index is 14.3. The van der Waals surface area contributed by atoms with Gasteiger partial charge in [-0.1, -0.05) is 68.4 Å². The molecule has 0 aliphatic carbocycles. The van der Waals surface area contributed by atoms with Crippen LogP contribution in [0, 0.1) is 12.8 Å². The van der Waals surface area contributed by atoms with Crippen molar-refractivity contribution in [3.05, 3.63) is 70.8 Å². The van der Waals surface area contributed by atoms with Crippen LogP contribution < -0.4 is 10.6 Å². The minimum Gasteiger partial charge on any atom is -0.444 e. The van der Waals surface area contributed by atoms with E-state index in [1.807, 2.05) is 50.2 Å².